The highest BCUT2D eigenvalue weighted by molar-refractivity contribution is 4.75. The fourth-order valence-electron chi connectivity index (χ4n) is 1.43. The normalized spacial score (nSPS) is 25.4. The van der Waals surface area contributed by atoms with Gasteiger partial charge in [0.25, 0.3) is 0 Å². The van der Waals surface area contributed by atoms with Gasteiger partial charge in [0, 0.05) is 19.5 Å². The van der Waals surface area contributed by atoms with Crippen LogP contribution in [-0.4, -0.2) is 24.0 Å². The summed E-state index contributed by atoms with van der Waals surface area (Å²) in [5.41, 5.74) is 0. The van der Waals surface area contributed by atoms with Crippen molar-refractivity contribution < 1.29 is 8.78 Å². The van der Waals surface area contributed by atoms with Crippen LogP contribution in [-0.2, 0) is 0 Å². The van der Waals surface area contributed by atoms with Crippen LogP contribution in [0.25, 0.3) is 0 Å². The van der Waals surface area contributed by atoms with Crippen molar-refractivity contribution in [1.82, 2.24) is 4.90 Å². The Morgan fingerprint density at radius 3 is 2.64 bits per heavy atom. The summed E-state index contributed by atoms with van der Waals surface area (Å²) in [5, 5.41) is 0. The molecule has 65 valence electrons. The minimum absolute atomic E-state index is 0.0208. The molecule has 1 saturated heterocycles. The van der Waals surface area contributed by atoms with E-state index in [-0.39, 0.29) is 6.42 Å². The van der Waals surface area contributed by atoms with Crippen LogP contribution in [0.3, 0.4) is 0 Å². The summed E-state index contributed by atoms with van der Waals surface area (Å²) in [6, 6.07) is -2.56. The molecule has 1 aliphatic rings. The topological polar surface area (TPSA) is 3.24 Å². The van der Waals surface area contributed by atoms with Crippen molar-refractivity contribution in [2.24, 2.45) is 0 Å². The maximum Gasteiger partial charge on any atom is 0.304 e. The van der Waals surface area contributed by atoms with E-state index in [1.807, 2.05) is 0 Å². The molecule has 0 atom stereocenters. The van der Waals surface area contributed by atoms with Gasteiger partial charge in [-0.3, -0.25) is 0 Å². The van der Waals surface area contributed by atoms with Crippen molar-refractivity contribution in [1.29, 1.82) is 0 Å². The average Bonchev–Trinajstić information content (AvgIpc) is 1.94. The molecule has 1 nitrogen and oxygen atoms in total. The lowest BCUT2D eigenvalue weighted by Gasteiger charge is -2.34. The van der Waals surface area contributed by atoms with E-state index in [0.29, 0.717) is 25.9 Å². The standard InChI is InChI=1S/C8H14F2N/c1-2-6-11-7-4-3-5-8(11,9)10/h1-7H2. The monoisotopic (exact) mass is 162 g/mol. The zero-order chi connectivity index (χ0) is 8.32. The van der Waals surface area contributed by atoms with Crippen LogP contribution < -0.4 is 0 Å². The highest BCUT2D eigenvalue weighted by atomic mass is 19.3. The second-order valence-corrected chi connectivity index (χ2v) is 2.96. The first-order chi connectivity index (χ1) is 5.17. The van der Waals surface area contributed by atoms with Gasteiger partial charge in [0.15, 0.2) is 0 Å². The third-order valence-corrected chi connectivity index (χ3v) is 2.05. The number of hydrogen-bond donors (Lipinski definition) is 0. The Morgan fingerprint density at radius 1 is 1.36 bits per heavy atom. The van der Waals surface area contributed by atoms with Gasteiger partial charge in [0.05, 0.1) is 0 Å². The maximum atomic E-state index is 13.0. The molecule has 1 heterocycles. The smallest absolute Gasteiger partial charge is 0.245 e. The number of rotatable bonds is 2. The minimum Gasteiger partial charge on any atom is -0.245 e. The van der Waals surface area contributed by atoms with Crippen LogP contribution in [0, 0.1) is 6.92 Å². The predicted molar refractivity (Wildman–Crippen MR) is 40.3 cm³/mol. The summed E-state index contributed by atoms with van der Waals surface area (Å²) in [5.74, 6) is 0. The van der Waals surface area contributed by atoms with Crippen LogP contribution in [0.4, 0.5) is 8.78 Å². The number of likely N-dealkylation sites (tertiary alicyclic amines) is 1. The van der Waals surface area contributed by atoms with E-state index in [4.69, 9.17) is 0 Å². The number of halogens is 2. The maximum absolute atomic E-state index is 13.0. The predicted octanol–water partition coefficient (Wildman–Crippen LogP) is 2.29. The van der Waals surface area contributed by atoms with Crippen LogP contribution in [0.2, 0.25) is 0 Å². The van der Waals surface area contributed by atoms with Crippen molar-refractivity contribution >= 4 is 0 Å². The molecule has 3 heteroatoms. The molecule has 11 heavy (non-hydrogen) atoms. The molecule has 1 aliphatic heterocycles. The molecule has 0 amide bonds. The molecular weight excluding hydrogens is 148 g/mol. The second-order valence-electron chi connectivity index (χ2n) is 2.96. The summed E-state index contributed by atoms with van der Waals surface area (Å²) in [6.45, 7) is 4.52. The zero-order valence-electron chi connectivity index (χ0n) is 6.65. The van der Waals surface area contributed by atoms with Crippen molar-refractivity contribution in [3.8, 4) is 0 Å². The number of piperidine rings is 1. The van der Waals surface area contributed by atoms with Crippen molar-refractivity contribution in [3.63, 3.8) is 0 Å². The van der Waals surface area contributed by atoms with Crippen molar-refractivity contribution in [2.75, 3.05) is 13.1 Å². The van der Waals surface area contributed by atoms with Crippen molar-refractivity contribution in [2.45, 2.75) is 31.7 Å². The second kappa shape index (κ2) is 3.48. The molecule has 0 N–H and O–H groups in total. The van der Waals surface area contributed by atoms with Gasteiger partial charge in [0.2, 0.25) is 0 Å². The van der Waals surface area contributed by atoms with E-state index in [9.17, 15) is 8.78 Å². The lowest BCUT2D eigenvalue weighted by molar-refractivity contribution is -0.166. The van der Waals surface area contributed by atoms with E-state index >= 15 is 0 Å². The Bertz CT molecular complexity index is 123. The van der Waals surface area contributed by atoms with E-state index in [2.05, 4.69) is 6.92 Å². The third-order valence-electron chi connectivity index (χ3n) is 2.05. The van der Waals surface area contributed by atoms with Gasteiger partial charge < -0.3 is 0 Å². The Morgan fingerprint density at radius 2 is 2.09 bits per heavy atom. The Hall–Kier alpha value is -0.180. The summed E-state index contributed by atoms with van der Waals surface area (Å²) in [4.78, 5) is 1.24. The molecule has 0 aromatic rings. The first-order valence-electron chi connectivity index (χ1n) is 4.09. The largest absolute Gasteiger partial charge is 0.304 e. The minimum atomic E-state index is -2.56. The molecule has 1 radical (unpaired) electrons. The zero-order valence-corrected chi connectivity index (χ0v) is 6.65. The first-order valence-corrected chi connectivity index (χ1v) is 4.09. The average molecular weight is 162 g/mol. The quantitative estimate of drug-likeness (QED) is 0.563. The third kappa shape index (κ3) is 2.12. The first kappa shape index (κ1) is 8.91. The highest BCUT2D eigenvalue weighted by Crippen LogP contribution is 2.30. The van der Waals surface area contributed by atoms with E-state index in [1.54, 1.807) is 0 Å². The molecule has 0 unspecified atom stereocenters. The fourth-order valence-corrected chi connectivity index (χ4v) is 1.43. The van der Waals surface area contributed by atoms with Crippen LogP contribution >= 0.6 is 0 Å². The van der Waals surface area contributed by atoms with Crippen molar-refractivity contribution in [3.05, 3.63) is 6.92 Å². The number of nitrogens with zero attached hydrogens (tertiary/aromatic N) is 1. The van der Waals surface area contributed by atoms with Gasteiger partial charge in [-0.15, -0.1) is 0 Å². The molecule has 0 saturated carbocycles. The van der Waals surface area contributed by atoms with E-state index in [0.717, 1.165) is 6.42 Å². The van der Waals surface area contributed by atoms with Gasteiger partial charge in [-0.25, -0.2) is 4.90 Å². The summed E-state index contributed by atoms with van der Waals surface area (Å²) >= 11 is 0. The summed E-state index contributed by atoms with van der Waals surface area (Å²) in [7, 11) is 0. The summed E-state index contributed by atoms with van der Waals surface area (Å²) < 4.78 is 25.9. The summed E-state index contributed by atoms with van der Waals surface area (Å²) in [6.07, 6.45) is 2.14. The van der Waals surface area contributed by atoms with Gasteiger partial charge >= 0.3 is 6.05 Å². The van der Waals surface area contributed by atoms with Crippen LogP contribution in [0.1, 0.15) is 25.7 Å². The van der Waals surface area contributed by atoms with Crippen LogP contribution in [0.5, 0.6) is 0 Å². The van der Waals surface area contributed by atoms with E-state index < -0.39 is 6.05 Å². The van der Waals surface area contributed by atoms with Crippen LogP contribution in [0.15, 0.2) is 0 Å². The number of hydrogen-bond acceptors (Lipinski definition) is 1. The Balaban J connectivity index is 2.45. The van der Waals surface area contributed by atoms with Gasteiger partial charge in [-0.05, 0) is 19.3 Å². The highest BCUT2D eigenvalue weighted by Gasteiger charge is 2.37. The van der Waals surface area contributed by atoms with Gasteiger partial charge in [-0.2, -0.15) is 8.78 Å². The molecule has 0 aromatic heterocycles. The molecule has 1 fully saturated rings. The molecule has 0 bridgehead atoms. The number of alkyl halides is 2. The van der Waals surface area contributed by atoms with E-state index in [1.165, 1.54) is 4.90 Å². The fraction of sp³-hybridized carbons (Fsp3) is 0.875. The van der Waals surface area contributed by atoms with Gasteiger partial charge in [0.1, 0.15) is 0 Å². The van der Waals surface area contributed by atoms with Gasteiger partial charge in [-0.1, -0.05) is 6.92 Å². The molecule has 0 aromatic carbocycles. The molecule has 1 rings (SSSR count). The Kier molecular flexibility index (Phi) is 2.82. The molecule has 0 aliphatic carbocycles. The molecule has 0 spiro atoms. The lowest BCUT2D eigenvalue weighted by atomic mass is 10.1. The molecular formula is C8H14F2N. The SMILES string of the molecule is [CH2]CCN1CCCCC1(F)F. The lowest BCUT2D eigenvalue weighted by Crippen LogP contribution is -2.45. The Labute approximate surface area is 66.4 Å².